The molecule has 0 unspecified atom stereocenters. The number of rotatable bonds is 6. The Morgan fingerprint density at radius 2 is 0.784 bits per heavy atom. The second-order valence-electron chi connectivity index (χ2n) is 16.1. The number of hydrogen-bond acceptors (Lipinski definition) is 4. The minimum Gasteiger partial charge on any atom is -0.264 e. The lowest BCUT2D eigenvalue weighted by Crippen LogP contribution is -2.29. The number of hydrogen-bond donors (Lipinski definition) is 0. The lowest BCUT2D eigenvalue weighted by atomic mass is 9.83. The molecule has 0 amide bonds. The van der Waals surface area contributed by atoms with E-state index < -0.39 is 8.07 Å². The van der Waals surface area contributed by atoms with Gasteiger partial charge in [-0.1, -0.05) is 115 Å². The molecule has 4 nitrogen and oxygen atoms in total. The first kappa shape index (κ1) is 34.2. The monoisotopic (exact) mass is 682 g/mol. The Balaban J connectivity index is 1.55. The minimum atomic E-state index is -2.52. The van der Waals surface area contributed by atoms with E-state index in [2.05, 4.69) is 162 Å². The molecule has 7 rings (SSSR count). The van der Waals surface area contributed by atoms with Crippen LogP contribution in [-0.2, 0) is 10.8 Å². The van der Waals surface area contributed by atoms with E-state index >= 15 is 0 Å². The van der Waals surface area contributed by atoms with Crippen LogP contribution in [0.25, 0.3) is 44.1 Å². The number of pyridine rings is 4. The van der Waals surface area contributed by atoms with Gasteiger partial charge in [0, 0.05) is 35.9 Å². The summed E-state index contributed by atoms with van der Waals surface area (Å²) < 4.78 is 0. The van der Waals surface area contributed by atoms with Crippen LogP contribution >= 0.6 is 0 Å². The summed E-state index contributed by atoms with van der Waals surface area (Å²) in [5.74, 6) is 0. The van der Waals surface area contributed by atoms with Crippen molar-refractivity contribution in [3.05, 3.63) is 168 Å². The zero-order chi connectivity index (χ0) is 36.0. The Morgan fingerprint density at radius 1 is 0.412 bits per heavy atom. The molecule has 5 heterocycles. The van der Waals surface area contributed by atoms with Crippen molar-refractivity contribution in [2.24, 2.45) is 0 Å². The Kier molecular flexibility index (Phi) is 8.80. The Labute approximate surface area is 304 Å². The number of aromatic nitrogens is 4. The van der Waals surface area contributed by atoms with Gasteiger partial charge in [0.2, 0.25) is 0 Å². The van der Waals surface area contributed by atoms with Gasteiger partial charge in [-0.15, -0.1) is 0 Å². The first-order chi connectivity index (χ1) is 24.3. The Hall–Kier alpha value is -5.26. The topological polar surface area (TPSA) is 51.6 Å². The van der Waals surface area contributed by atoms with Gasteiger partial charge in [-0.3, -0.25) is 9.97 Å². The number of benzene rings is 2. The zero-order valence-corrected chi connectivity index (χ0v) is 32.0. The lowest BCUT2D eigenvalue weighted by molar-refractivity contribution is 0.590. The number of allylic oxidation sites excluding steroid dienone is 2. The van der Waals surface area contributed by atoms with Crippen LogP contribution in [-0.4, -0.2) is 28.0 Å². The molecule has 0 fully saturated rings. The van der Waals surface area contributed by atoms with Crippen LogP contribution in [0.4, 0.5) is 0 Å². The van der Waals surface area contributed by atoms with E-state index in [0.29, 0.717) is 0 Å². The van der Waals surface area contributed by atoms with E-state index in [9.17, 15) is 0 Å². The largest absolute Gasteiger partial charge is 0.264 e. The van der Waals surface area contributed by atoms with Gasteiger partial charge in [0.05, 0.1) is 22.8 Å². The maximum Gasteiger partial charge on any atom is 0.119 e. The average Bonchev–Trinajstić information content (AvgIpc) is 3.38. The summed E-state index contributed by atoms with van der Waals surface area (Å²) >= 11 is 0. The molecule has 6 aromatic rings. The highest BCUT2D eigenvalue weighted by Crippen LogP contribution is 2.55. The van der Waals surface area contributed by atoms with Crippen molar-refractivity contribution in [2.45, 2.75) is 65.5 Å². The molecule has 0 spiro atoms. The maximum atomic E-state index is 5.40. The maximum absolute atomic E-state index is 5.40. The van der Waals surface area contributed by atoms with Crippen molar-refractivity contribution in [2.75, 3.05) is 0 Å². The second kappa shape index (κ2) is 13.1. The van der Waals surface area contributed by atoms with Crippen LogP contribution in [0, 0.1) is 0 Å². The average molecular weight is 683 g/mol. The van der Waals surface area contributed by atoms with Gasteiger partial charge >= 0.3 is 0 Å². The predicted molar refractivity (Wildman–Crippen MR) is 216 cm³/mol. The smallest absolute Gasteiger partial charge is 0.119 e. The summed E-state index contributed by atoms with van der Waals surface area (Å²) in [5, 5.41) is 2.63. The molecule has 2 aromatic carbocycles. The molecule has 1 aliphatic rings. The normalized spacial score (nSPS) is 14.7. The van der Waals surface area contributed by atoms with Gasteiger partial charge in [0.1, 0.15) is 8.07 Å². The van der Waals surface area contributed by atoms with E-state index in [1.807, 2.05) is 36.9 Å². The molecule has 0 radical (unpaired) electrons. The third-order valence-corrected chi connectivity index (χ3v) is 13.5. The summed E-state index contributed by atoms with van der Waals surface area (Å²) in [6.45, 7) is 18.6. The molecule has 0 aliphatic carbocycles. The highest BCUT2D eigenvalue weighted by atomic mass is 28.3. The molecule has 5 heteroatoms. The van der Waals surface area contributed by atoms with E-state index in [4.69, 9.17) is 9.97 Å². The van der Waals surface area contributed by atoms with Crippen molar-refractivity contribution in [1.82, 2.24) is 19.9 Å². The fraction of sp³-hybridized carbons (Fsp3) is 0.217. The Bertz CT molecular complexity index is 2090. The summed E-state index contributed by atoms with van der Waals surface area (Å²) in [5.41, 5.74) is 13.4. The molecule has 51 heavy (non-hydrogen) atoms. The molecular weight excluding hydrogens is 637 g/mol. The van der Waals surface area contributed by atoms with Gasteiger partial charge in [-0.05, 0) is 103 Å². The molecule has 0 N–H and O–H groups in total. The van der Waals surface area contributed by atoms with E-state index in [0.717, 1.165) is 33.9 Å². The fourth-order valence-electron chi connectivity index (χ4n) is 7.25. The summed E-state index contributed by atoms with van der Waals surface area (Å²) in [6.07, 6.45) is 7.40. The van der Waals surface area contributed by atoms with Crippen LogP contribution < -0.4 is 0 Å². The molecule has 1 aliphatic heterocycles. The quantitative estimate of drug-likeness (QED) is 0.164. The highest BCUT2D eigenvalue weighted by molar-refractivity contribution is 7.13. The molecule has 0 saturated heterocycles. The summed E-state index contributed by atoms with van der Waals surface area (Å²) in [7, 11) is -2.52. The van der Waals surface area contributed by atoms with Crippen molar-refractivity contribution in [1.29, 1.82) is 0 Å². The van der Waals surface area contributed by atoms with E-state index in [-0.39, 0.29) is 10.8 Å². The molecule has 254 valence electrons. The number of nitrogens with zero attached hydrogens (tertiary/aromatic N) is 4. The van der Waals surface area contributed by atoms with Gasteiger partial charge in [0.25, 0.3) is 0 Å². The SMILES string of the molecule is CC(C)(C)c1ccc(C2=C(c3cccc(-c4cccnc4)n3)[Si](C)(C)C(c3cccc(-c4cccnc4)n3)=C2c2ccc(C(C)(C)C)cc2)cc1. The standard InChI is InChI=1S/C46H46N4Si/c1-45(2,3)35-23-19-31(20-24-35)41-42(32-21-25-36(26-22-32)46(4,5)6)44(40-18-10-16-38(50-40)34-14-12-28-48-30-34)51(7,8)43(41)39-17-9-15-37(49-39)33-13-11-27-47-29-33/h9-30H,1-8H3. The lowest BCUT2D eigenvalue weighted by Gasteiger charge is -2.26. The first-order valence-corrected chi connectivity index (χ1v) is 20.8. The van der Waals surface area contributed by atoms with Crippen LogP contribution in [0.2, 0.25) is 13.1 Å². The Morgan fingerprint density at radius 3 is 1.12 bits per heavy atom. The highest BCUT2D eigenvalue weighted by Gasteiger charge is 2.45. The van der Waals surface area contributed by atoms with Crippen LogP contribution in [0.5, 0.6) is 0 Å². The summed E-state index contributed by atoms with van der Waals surface area (Å²) in [4.78, 5) is 19.6. The molecule has 4 aromatic heterocycles. The van der Waals surface area contributed by atoms with Gasteiger partial charge in [-0.25, -0.2) is 9.97 Å². The van der Waals surface area contributed by atoms with Crippen LogP contribution in [0.3, 0.4) is 0 Å². The van der Waals surface area contributed by atoms with E-state index in [1.54, 1.807) is 0 Å². The third-order valence-electron chi connectivity index (χ3n) is 10.0. The van der Waals surface area contributed by atoms with E-state index in [1.165, 1.54) is 43.8 Å². The van der Waals surface area contributed by atoms with Gasteiger partial charge < -0.3 is 0 Å². The first-order valence-electron chi connectivity index (χ1n) is 17.8. The van der Waals surface area contributed by atoms with Crippen molar-refractivity contribution >= 4 is 29.6 Å². The second-order valence-corrected chi connectivity index (χ2v) is 20.3. The van der Waals surface area contributed by atoms with Crippen molar-refractivity contribution in [3.8, 4) is 22.5 Å². The fourth-order valence-corrected chi connectivity index (χ4v) is 10.8. The van der Waals surface area contributed by atoms with Crippen molar-refractivity contribution in [3.63, 3.8) is 0 Å². The molecule has 0 bridgehead atoms. The summed E-state index contributed by atoms with van der Waals surface area (Å²) in [6, 6.07) is 39.4. The minimum absolute atomic E-state index is 0.0440. The third kappa shape index (κ3) is 6.66. The van der Waals surface area contributed by atoms with Gasteiger partial charge in [0.15, 0.2) is 0 Å². The van der Waals surface area contributed by atoms with Crippen molar-refractivity contribution < 1.29 is 0 Å². The molecule has 0 atom stereocenters. The predicted octanol–water partition coefficient (Wildman–Crippen LogP) is 11.5. The van der Waals surface area contributed by atoms with Crippen LogP contribution in [0.15, 0.2) is 134 Å². The molecule has 0 saturated carbocycles. The van der Waals surface area contributed by atoms with Crippen LogP contribution in [0.1, 0.15) is 75.2 Å². The zero-order valence-electron chi connectivity index (χ0n) is 31.0. The molecular formula is C46H46N4Si. The van der Waals surface area contributed by atoms with Gasteiger partial charge in [-0.2, -0.15) is 0 Å².